The fraction of sp³-hybridized carbons (Fsp3) is 0.174. The third-order valence-corrected chi connectivity index (χ3v) is 4.92. The number of carbonyl (C=O) groups is 2. The fourth-order valence-electron chi connectivity index (χ4n) is 3.69. The molecule has 2 heterocycles. The lowest BCUT2D eigenvalue weighted by Crippen LogP contribution is -2.24. The maximum absolute atomic E-state index is 12.7. The van der Waals surface area contributed by atoms with E-state index in [2.05, 4.69) is 45.6 Å². The van der Waals surface area contributed by atoms with Crippen LogP contribution in [0.25, 0.3) is 0 Å². The van der Waals surface area contributed by atoms with Gasteiger partial charge in [-0.1, -0.05) is 18.2 Å². The first-order chi connectivity index (χ1) is 14.0. The number of pyridine rings is 1. The average Bonchev–Trinajstić information content (AvgIpc) is 3.05. The van der Waals surface area contributed by atoms with Gasteiger partial charge in [-0.25, -0.2) is 0 Å². The van der Waals surface area contributed by atoms with E-state index in [1.54, 1.807) is 30.5 Å². The summed E-state index contributed by atoms with van der Waals surface area (Å²) in [5.41, 5.74) is 5.09. The second kappa shape index (κ2) is 7.75. The largest absolute Gasteiger partial charge is 0.338 e. The molecule has 0 spiro atoms. The van der Waals surface area contributed by atoms with Gasteiger partial charge in [0, 0.05) is 41.9 Å². The molecular weight excluding hydrogens is 364 g/mol. The third-order valence-electron chi connectivity index (χ3n) is 4.92. The van der Waals surface area contributed by atoms with Gasteiger partial charge in [0.15, 0.2) is 0 Å². The van der Waals surface area contributed by atoms with Crippen LogP contribution < -0.4 is 15.5 Å². The molecule has 2 N–H and O–H groups in total. The number of rotatable bonds is 4. The van der Waals surface area contributed by atoms with Crippen LogP contribution in [0.1, 0.15) is 29.9 Å². The number of amides is 2. The van der Waals surface area contributed by atoms with Gasteiger partial charge in [0.05, 0.1) is 0 Å². The number of anilines is 4. The highest BCUT2D eigenvalue weighted by Gasteiger charge is 2.27. The zero-order chi connectivity index (χ0) is 20.4. The molecule has 29 heavy (non-hydrogen) atoms. The van der Waals surface area contributed by atoms with E-state index in [-0.39, 0.29) is 11.8 Å². The molecule has 1 aromatic heterocycles. The molecule has 4 rings (SSSR count). The topological polar surface area (TPSA) is 74.3 Å². The van der Waals surface area contributed by atoms with Crippen LogP contribution in [0.5, 0.6) is 0 Å². The molecule has 0 bridgehead atoms. The molecule has 1 unspecified atom stereocenters. The minimum atomic E-state index is -0.278. The molecule has 0 fully saturated rings. The van der Waals surface area contributed by atoms with Crippen LogP contribution in [0, 0.1) is 0 Å². The molecule has 1 aliphatic heterocycles. The van der Waals surface area contributed by atoms with Crippen LogP contribution in [-0.4, -0.2) is 22.8 Å². The number of para-hydroxylation sites is 1. The van der Waals surface area contributed by atoms with Gasteiger partial charge in [0.1, 0.15) is 5.69 Å². The summed E-state index contributed by atoms with van der Waals surface area (Å²) in [6, 6.07) is 19.4. The van der Waals surface area contributed by atoms with Gasteiger partial charge in [-0.05, 0) is 61.4 Å². The van der Waals surface area contributed by atoms with Crippen molar-refractivity contribution in [3.63, 3.8) is 0 Å². The van der Waals surface area contributed by atoms with Crippen molar-refractivity contribution in [3.8, 4) is 0 Å². The summed E-state index contributed by atoms with van der Waals surface area (Å²) in [6.07, 6.45) is 2.64. The summed E-state index contributed by atoms with van der Waals surface area (Å²) >= 11 is 0. The van der Waals surface area contributed by atoms with Gasteiger partial charge in [-0.15, -0.1) is 0 Å². The van der Waals surface area contributed by atoms with Gasteiger partial charge in [-0.3, -0.25) is 14.6 Å². The monoisotopic (exact) mass is 386 g/mol. The Hall–Kier alpha value is -3.67. The predicted octanol–water partition coefficient (Wildman–Crippen LogP) is 4.38. The van der Waals surface area contributed by atoms with Crippen molar-refractivity contribution in [1.82, 2.24) is 4.98 Å². The van der Waals surface area contributed by atoms with Crippen LogP contribution in [0.2, 0.25) is 0 Å². The Morgan fingerprint density at radius 1 is 1.00 bits per heavy atom. The number of benzene rings is 2. The predicted molar refractivity (Wildman–Crippen MR) is 115 cm³/mol. The van der Waals surface area contributed by atoms with Crippen LogP contribution >= 0.6 is 0 Å². The van der Waals surface area contributed by atoms with Crippen LogP contribution in [0.3, 0.4) is 0 Å². The second-order valence-corrected chi connectivity index (χ2v) is 7.16. The van der Waals surface area contributed by atoms with E-state index in [1.165, 1.54) is 18.2 Å². The van der Waals surface area contributed by atoms with E-state index in [0.29, 0.717) is 23.1 Å². The van der Waals surface area contributed by atoms with Gasteiger partial charge in [0.25, 0.3) is 5.91 Å². The van der Waals surface area contributed by atoms with Crippen LogP contribution in [0.4, 0.5) is 22.7 Å². The summed E-state index contributed by atoms with van der Waals surface area (Å²) in [7, 11) is 0. The van der Waals surface area contributed by atoms with Crippen LogP contribution in [0.15, 0.2) is 66.9 Å². The highest BCUT2D eigenvalue weighted by molar-refractivity contribution is 6.03. The van der Waals surface area contributed by atoms with E-state index in [9.17, 15) is 9.59 Å². The maximum Gasteiger partial charge on any atom is 0.274 e. The van der Waals surface area contributed by atoms with Gasteiger partial charge >= 0.3 is 0 Å². The number of aromatic nitrogens is 1. The minimum absolute atomic E-state index is 0.138. The van der Waals surface area contributed by atoms with E-state index in [1.807, 2.05) is 18.2 Å². The Labute approximate surface area is 169 Å². The lowest BCUT2D eigenvalue weighted by atomic mass is 10.1. The Morgan fingerprint density at radius 2 is 1.69 bits per heavy atom. The van der Waals surface area contributed by atoms with E-state index >= 15 is 0 Å². The Morgan fingerprint density at radius 3 is 2.41 bits per heavy atom. The molecule has 2 amide bonds. The van der Waals surface area contributed by atoms with Crippen LogP contribution in [-0.2, 0) is 11.2 Å². The molecule has 2 aromatic carbocycles. The Balaban J connectivity index is 1.53. The molecule has 0 radical (unpaired) electrons. The molecule has 1 aliphatic rings. The molecule has 3 aromatic rings. The summed E-state index contributed by atoms with van der Waals surface area (Å²) in [4.78, 5) is 30.3. The average molecular weight is 386 g/mol. The van der Waals surface area contributed by atoms with E-state index in [0.717, 1.165) is 12.1 Å². The molecular formula is C23H22N4O2. The summed E-state index contributed by atoms with van der Waals surface area (Å²) in [6.45, 7) is 3.63. The van der Waals surface area contributed by atoms with Crippen molar-refractivity contribution in [2.75, 3.05) is 15.5 Å². The first-order valence-corrected chi connectivity index (χ1v) is 9.53. The zero-order valence-corrected chi connectivity index (χ0v) is 16.3. The molecule has 146 valence electrons. The molecule has 6 heteroatoms. The van der Waals surface area contributed by atoms with Gasteiger partial charge in [-0.2, -0.15) is 0 Å². The van der Waals surface area contributed by atoms with Crippen molar-refractivity contribution in [2.45, 2.75) is 26.3 Å². The second-order valence-electron chi connectivity index (χ2n) is 7.16. The normalized spacial score (nSPS) is 15.0. The zero-order valence-electron chi connectivity index (χ0n) is 16.3. The smallest absolute Gasteiger partial charge is 0.274 e. The lowest BCUT2D eigenvalue weighted by molar-refractivity contribution is -0.114. The Kier molecular flexibility index (Phi) is 4.99. The lowest BCUT2D eigenvalue weighted by Gasteiger charge is -2.25. The quantitative estimate of drug-likeness (QED) is 0.698. The van der Waals surface area contributed by atoms with Crippen molar-refractivity contribution in [2.24, 2.45) is 0 Å². The number of carbonyl (C=O) groups excluding carboxylic acids is 2. The first kappa shape index (κ1) is 18.7. The highest BCUT2D eigenvalue weighted by atomic mass is 16.2. The fourth-order valence-corrected chi connectivity index (χ4v) is 3.69. The number of fused-ring (bicyclic) bond motifs is 1. The van der Waals surface area contributed by atoms with E-state index < -0.39 is 0 Å². The SMILES string of the molecule is CC(=O)Nc1ccc(NC(=O)c2cc(N3c4ccccc4CC3C)ccn2)cc1. The number of hydrogen-bond donors (Lipinski definition) is 2. The summed E-state index contributed by atoms with van der Waals surface area (Å²) < 4.78 is 0. The standard InChI is InChI=1S/C23H22N4O2/c1-15-13-17-5-3-4-6-22(17)27(15)20-11-12-24-21(14-20)23(29)26-19-9-7-18(8-10-19)25-16(2)28/h3-12,14-15H,13H2,1-2H3,(H,25,28)(H,26,29). The molecule has 6 nitrogen and oxygen atoms in total. The maximum atomic E-state index is 12.7. The first-order valence-electron chi connectivity index (χ1n) is 9.53. The number of nitrogens with one attached hydrogen (secondary N) is 2. The van der Waals surface area contributed by atoms with Crippen molar-refractivity contribution < 1.29 is 9.59 Å². The highest BCUT2D eigenvalue weighted by Crippen LogP contribution is 2.38. The summed E-state index contributed by atoms with van der Waals surface area (Å²) in [5, 5.41) is 5.55. The van der Waals surface area contributed by atoms with E-state index in [4.69, 9.17) is 0 Å². The summed E-state index contributed by atoms with van der Waals surface area (Å²) in [5.74, 6) is -0.417. The van der Waals surface area contributed by atoms with Gasteiger partial charge < -0.3 is 15.5 Å². The van der Waals surface area contributed by atoms with Crippen molar-refractivity contribution >= 4 is 34.6 Å². The number of nitrogens with zero attached hydrogens (tertiary/aromatic N) is 2. The van der Waals surface area contributed by atoms with Crippen molar-refractivity contribution in [1.29, 1.82) is 0 Å². The Bertz CT molecular complexity index is 1060. The van der Waals surface area contributed by atoms with Gasteiger partial charge in [0.2, 0.25) is 5.91 Å². The van der Waals surface area contributed by atoms with Crippen molar-refractivity contribution in [3.05, 3.63) is 78.1 Å². The third kappa shape index (κ3) is 3.96. The number of hydrogen-bond acceptors (Lipinski definition) is 4. The molecule has 0 aliphatic carbocycles. The molecule has 0 saturated carbocycles. The molecule has 0 saturated heterocycles. The molecule has 1 atom stereocenters. The minimum Gasteiger partial charge on any atom is -0.338 e.